The maximum absolute atomic E-state index is 13.0. The molecule has 3 heterocycles. The number of nitrogens with zero attached hydrogens (tertiary/aromatic N) is 4. The minimum atomic E-state index is 0.146. The molecule has 0 aliphatic carbocycles. The van der Waals surface area contributed by atoms with Crippen molar-refractivity contribution in [3.8, 4) is 11.6 Å². The third kappa shape index (κ3) is 3.48. The molecule has 0 unspecified atom stereocenters. The maximum atomic E-state index is 13.0. The maximum Gasteiger partial charge on any atom is 0.264 e. The molecular weight excluding hydrogens is 340 g/mol. The second-order valence-electron chi connectivity index (χ2n) is 7.84. The Hall–Kier alpha value is -2.63. The van der Waals surface area contributed by atoms with Gasteiger partial charge in [0.2, 0.25) is 11.8 Å². The number of carbonyl (C=O) groups is 1. The minimum absolute atomic E-state index is 0.146. The van der Waals surface area contributed by atoms with E-state index in [-0.39, 0.29) is 18.4 Å². The van der Waals surface area contributed by atoms with Crippen molar-refractivity contribution in [3.63, 3.8) is 0 Å². The lowest BCUT2D eigenvalue weighted by atomic mass is 9.99. The average Bonchev–Trinajstić information content (AvgIpc) is 3.28. The highest BCUT2D eigenvalue weighted by molar-refractivity contribution is 5.88. The molecule has 2 aromatic heterocycles. The van der Waals surface area contributed by atoms with E-state index in [1.807, 2.05) is 53.6 Å². The van der Waals surface area contributed by atoms with Gasteiger partial charge >= 0.3 is 0 Å². The summed E-state index contributed by atoms with van der Waals surface area (Å²) in [7, 11) is 0. The Kier molecular flexibility index (Phi) is 4.72. The molecule has 1 fully saturated rings. The number of piperidine rings is 1. The van der Waals surface area contributed by atoms with Gasteiger partial charge in [-0.15, -0.1) is 10.2 Å². The largest absolute Gasteiger partial charge is 0.419 e. The van der Waals surface area contributed by atoms with E-state index >= 15 is 0 Å². The van der Waals surface area contributed by atoms with Crippen LogP contribution in [0.3, 0.4) is 0 Å². The number of likely N-dealkylation sites (tertiary alicyclic amines) is 1. The van der Waals surface area contributed by atoms with Gasteiger partial charge in [-0.05, 0) is 30.9 Å². The standard InChI is InChI=1S/C21H26N4O2/c1-14(2)20-22-23-21(27-20)18-12-16-6-4-5-7-17(16)25(18)13-19(26)24-10-8-15(3)9-11-24/h4-7,12,14-15H,8-11,13H2,1-3H3. The molecule has 1 aliphatic rings. The second-order valence-corrected chi connectivity index (χ2v) is 7.84. The molecular formula is C21H26N4O2. The summed E-state index contributed by atoms with van der Waals surface area (Å²) in [6.07, 6.45) is 2.15. The van der Waals surface area contributed by atoms with Crippen molar-refractivity contribution in [2.75, 3.05) is 13.1 Å². The third-order valence-electron chi connectivity index (χ3n) is 5.39. The molecule has 0 saturated carbocycles. The fourth-order valence-electron chi connectivity index (χ4n) is 3.62. The summed E-state index contributed by atoms with van der Waals surface area (Å²) in [5, 5.41) is 9.45. The van der Waals surface area contributed by atoms with Gasteiger partial charge in [0.15, 0.2) is 0 Å². The topological polar surface area (TPSA) is 64.2 Å². The summed E-state index contributed by atoms with van der Waals surface area (Å²) in [5.41, 5.74) is 1.81. The molecule has 1 aromatic carbocycles. The Morgan fingerprint density at radius 1 is 1.22 bits per heavy atom. The number of aromatic nitrogens is 3. The number of para-hydroxylation sites is 1. The summed E-state index contributed by atoms with van der Waals surface area (Å²) < 4.78 is 7.88. The molecule has 6 heteroatoms. The van der Waals surface area contributed by atoms with Crippen LogP contribution in [0.1, 0.15) is 45.4 Å². The van der Waals surface area contributed by atoms with Crippen molar-refractivity contribution in [1.82, 2.24) is 19.7 Å². The van der Waals surface area contributed by atoms with E-state index in [1.54, 1.807) is 0 Å². The van der Waals surface area contributed by atoms with E-state index in [2.05, 4.69) is 17.1 Å². The monoisotopic (exact) mass is 366 g/mol. The van der Waals surface area contributed by atoms with Gasteiger partial charge in [0, 0.05) is 29.9 Å². The smallest absolute Gasteiger partial charge is 0.264 e. The van der Waals surface area contributed by atoms with Crippen LogP contribution in [0.25, 0.3) is 22.5 Å². The van der Waals surface area contributed by atoms with Crippen LogP contribution >= 0.6 is 0 Å². The zero-order chi connectivity index (χ0) is 19.0. The van der Waals surface area contributed by atoms with Gasteiger partial charge in [-0.1, -0.05) is 39.0 Å². The molecule has 0 spiro atoms. The second kappa shape index (κ2) is 7.18. The van der Waals surface area contributed by atoms with Crippen molar-refractivity contribution in [3.05, 3.63) is 36.2 Å². The molecule has 1 aliphatic heterocycles. The van der Waals surface area contributed by atoms with E-state index in [0.717, 1.165) is 42.5 Å². The number of fused-ring (bicyclic) bond motifs is 1. The van der Waals surface area contributed by atoms with Crippen molar-refractivity contribution in [1.29, 1.82) is 0 Å². The normalized spacial score (nSPS) is 15.8. The fourth-order valence-corrected chi connectivity index (χ4v) is 3.62. The van der Waals surface area contributed by atoms with Crippen LogP contribution in [-0.4, -0.2) is 38.7 Å². The minimum Gasteiger partial charge on any atom is -0.419 e. The van der Waals surface area contributed by atoms with Crippen molar-refractivity contribution >= 4 is 16.8 Å². The summed E-state index contributed by atoms with van der Waals surface area (Å²) in [5.74, 6) is 2.09. The summed E-state index contributed by atoms with van der Waals surface area (Å²) >= 11 is 0. The molecule has 1 amide bonds. The van der Waals surface area contributed by atoms with Crippen LogP contribution in [0.2, 0.25) is 0 Å². The molecule has 6 nitrogen and oxygen atoms in total. The van der Waals surface area contributed by atoms with Gasteiger partial charge < -0.3 is 13.9 Å². The first-order valence-corrected chi connectivity index (χ1v) is 9.72. The van der Waals surface area contributed by atoms with Crippen LogP contribution in [0, 0.1) is 5.92 Å². The van der Waals surface area contributed by atoms with E-state index < -0.39 is 0 Å². The lowest BCUT2D eigenvalue weighted by Gasteiger charge is -2.30. The number of hydrogen-bond donors (Lipinski definition) is 0. The first kappa shape index (κ1) is 17.8. The molecule has 0 bridgehead atoms. The molecule has 0 N–H and O–H groups in total. The Morgan fingerprint density at radius 2 is 1.96 bits per heavy atom. The van der Waals surface area contributed by atoms with Crippen molar-refractivity contribution < 1.29 is 9.21 Å². The Balaban J connectivity index is 1.69. The number of rotatable bonds is 4. The van der Waals surface area contributed by atoms with Gasteiger partial charge in [-0.3, -0.25) is 4.79 Å². The lowest BCUT2D eigenvalue weighted by molar-refractivity contribution is -0.133. The van der Waals surface area contributed by atoms with Crippen LogP contribution in [0.4, 0.5) is 0 Å². The van der Waals surface area contributed by atoms with Crippen LogP contribution < -0.4 is 0 Å². The highest BCUT2D eigenvalue weighted by Crippen LogP contribution is 2.29. The summed E-state index contributed by atoms with van der Waals surface area (Å²) in [6.45, 7) is 8.26. The molecule has 0 atom stereocenters. The highest BCUT2D eigenvalue weighted by Gasteiger charge is 2.23. The van der Waals surface area contributed by atoms with Crippen LogP contribution in [0.5, 0.6) is 0 Å². The highest BCUT2D eigenvalue weighted by atomic mass is 16.4. The number of benzene rings is 1. The Bertz CT molecular complexity index is 948. The van der Waals surface area contributed by atoms with E-state index in [1.165, 1.54) is 0 Å². The first-order chi connectivity index (χ1) is 13.0. The predicted octanol–water partition coefficient (Wildman–Crippen LogP) is 4.07. The van der Waals surface area contributed by atoms with E-state index in [0.29, 0.717) is 17.7 Å². The van der Waals surface area contributed by atoms with Gasteiger partial charge in [0.05, 0.1) is 0 Å². The fraction of sp³-hybridized carbons (Fsp3) is 0.476. The summed E-state index contributed by atoms with van der Waals surface area (Å²) in [4.78, 5) is 14.9. The number of amides is 1. The molecule has 0 radical (unpaired) electrons. The molecule has 142 valence electrons. The predicted molar refractivity (Wildman–Crippen MR) is 104 cm³/mol. The number of carbonyl (C=O) groups excluding carboxylic acids is 1. The first-order valence-electron chi connectivity index (χ1n) is 9.72. The van der Waals surface area contributed by atoms with Crippen LogP contribution in [0.15, 0.2) is 34.7 Å². The van der Waals surface area contributed by atoms with Crippen molar-refractivity contribution in [2.45, 2.75) is 46.1 Å². The molecule has 3 aromatic rings. The zero-order valence-corrected chi connectivity index (χ0v) is 16.2. The third-order valence-corrected chi connectivity index (χ3v) is 5.39. The molecule has 27 heavy (non-hydrogen) atoms. The van der Waals surface area contributed by atoms with Gasteiger partial charge in [0.1, 0.15) is 12.2 Å². The van der Waals surface area contributed by atoms with E-state index in [4.69, 9.17) is 4.42 Å². The summed E-state index contributed by atoms with van der Waals surface area (Å²) in [6, 6.07) is 10.1. The lowest BCUT2D eigenvalue weighted by Crippen LogP contribution is -2.39. The molecule has 1 saturated heterocycles. The Morgan fingerprint density at radius 3 is 2.67 bits per heavy atom. The average molecular weight is 366 g/mol. The van der Waals surface area contributed by atoms with Crippen LogP contribution in [-0.2, 0) is 11.3 Å². The zero-order valence-electron chi connectivity index (χ0n) is 16.2. The number of hydrogen-bond acceptors (Lipinski definition) is 4. The van der Waals surface area contributed by atoms with Crippen molar-refractivity contribution in [2.24, 2.45) is 5.92 Å². The van der Waals surface area contributed by atoms with E-state index in [9.17, 15) is 4.79 Å². The SMILES string of the molecule is CC1CCN(C(=O)Cn2c(-c3nnc(C(C)C)o3)cc3ccccc32)CC1. The van der Waals surface area contributed by atoms with Gasteiger partial charge in [0.25, 0.3) is 5.89 Å². The van der Waals surface area contributed by atoms with Gasteiger partial charge in [-0.2, -0.15) is 0 Å². The van der Waals surface area contributed by atoms with Gasteiger partial charge in [-0.25, -0.2) is 0 Å². The molecule has 4 rings (SSSR count). The quantitative estimate of drug-likeness (QED) is 0.698. The Labute approximate surface area is 159 Å².